The molecule has 0 aliphatic carbocycles. The molecule has 0 bridgehead atoms. The molecule has 0 radical (unpaired) electrons. The summed E-state index contributed by atoms with van der Waals surface area (Å²) in [6.45, 7) is 3.60. The maximum absolute atomic E-state index is 14.0. The Labute approximate surface area is 267 Å². The van der Waals surface area contributed by atoms with Crippen LogP contribution in [0.4, 0.5) is 5.69 Å². The number of piperidine rings is 1. The second-order valence-corrected chi connectivity index (χ2v) is 11.9. The van der Waals surface area contributed by atoms with Crippen LogP contribution in [0.25, 0.3) is 5.69 Å². The third kappa shape index (κ3) is 5.95. The molecule has 0 saturated carbocycles. The van der Waals surface area contributed by atoms with Gasteiger partial charge in [-0.15, -0.1) is 0 Å². The van der Waals surface area contributed by atoms with E-state index >= 15 is 0 Å². The summed E-state index contributed by atoms with van der Waals surface area (Å²) in [5, 5.41) is 12.0. The number of ether oxygens (including phenoxy) is 3. The number of allylic oxidation sites excluding steroid dienone is 1. The van der Waals surface area contributed by atoms with Gasteiger partial charge in [-0.05, 0) is 50.1 Å². The van der Waals surface area contributed by atoms with Crippen molar-refractivity contribution < 1.29 is 28.9 Å². The number of aliphatic hydroxyl groups excluding tert-OH is 1. The summed E-state index contributed by atoms with van der Waals surface area (Å²) >= 11 is 0. The van der Waals surface area contributed by atoms with Gasteiger partial charge in [0.1, 0.15) is 5.54 Å². The topological polar surface area (TPSA) is 128 Å². The normalized spacial score (nSPS) is 20.8. The van der Waals surface area contributed by atoms with Crippen LogP contribution in [0.3, 0.4) is 0 Å². The number of aliphatic hydroxyl groups is 1. The quantitative estimate of drug-likeness (QED) is 0.326. The van der Waals surface area contributed by atoms with E-state index in [1.807, 2.05) is 79.3 Å². The fourth-order valence-electron chi connectivity index (χ4n) is 6.80. The molecule has 0 unspecified atom stereocenters. The monoisotopic (exact) mass is 631 g/mol. The van der Waals surface area contributed by atoms with Crippen LogP contribution in [0, 0.1) is 6.92 Å². The van der Waals surface area contributed by atoms with Gasteiger partial charge in [0.25, 0.3) is 11.5 Å². The smallest absolute Gasteiger partial charge is 0.288 e. The highest BCUT2D eigenvalue weighted by atomic mass is 16.7. The Balaban J connectivity index is 1.25. The Morgan fingerprint density at radius 3 is 2.35 bits per heavy atom. The molecule has 1 aromatic heterocycles. The molecular formula is C34H41N5O7. The van der Waals surface area contributed by atoms with E-state index in [1.54, 1.807) is 15.7 Å². The van der Waals surface area contributed by atoms with Gasteiger partial charge < -0.3 is 34.4 Å². The Kier molecular flexibility index (Phi) is 9.29. The standard InChI is InChI=1S/C34H41N5O7/c1-24-30(32(42)39(36(24)2)27-11-7-4-8-12-27)25-21-28(46-29(22-25)45-20-19-44-18-17-40)31(41)37-15-13-34(14-16-37)33(43)35-23-38(34)26-9-5-3-6-10-26/h3-12,21,25,29,40H,13-20,22-23H2,1-2H3,(H,35,43)/t25-,29+/m0/s1. The minimum atomic E-state index is -0.791. The summed E-state index contributed by atoms with van der Waals surface area (Å²) in [4.78, 5) is 44.9. The zero-order valence-corrected chi connectivity index (χ0v) is 26.3. The highest BCUT2D eigenvalue weighted by Crippen LogP contribution is 2.38. The Morgan fingerprint density at radius 2 is 1.67 bits per heavy atom. The summed E-state index contributed by atoms with van der Waals surface area (Å²) in [7, 11) is 1.84. The van der Waals surface area contributed by atoms with Gasteiger partial charge >= 0.3 is 0 Å². The van der Waals surface area contributed by atoms with Crippen molar-refractivity contribution >= 4 is 17.5 Å². The van der Waals surface area contributed by atoms with Gasteiger partial charge in [0.15, 0.2) is 5.76 Å². The van der Waals surface area contributed by atoms with Crippen LogP contribution < -0.4 is 15.8 Å². The first kappa shape index (κ1) is 31.6. The van der Waals surface area contributed by atoms with Crippen LogP contribution in [0.2, 0.25) is 0 Å². The van der Waals surface area contributed by atoms with E-state index in [9.17, 15) is 14.4 Å². The van der Waals surface area contributed by atoms with Gasteiger partial charge in [-0.1, -0.05) is 36.4 Å². The summed E-state index contributed by atoms with van der Waals surface area (Å²) < 4.78 is 20.9. The second-order valence-electron chi connectivity index (χ2n) is 11.9. The van der Waals surface area contributed by atoms with Gasteiger partial charge in [0.2, 0.25) is 12.2 Å². The molecule has 4 heterocycles. The van der Waals surface area contributed by atoms with Crippen molar-refractivity contribution in [3.63, 3.8) is 0 Å². The average molecular weight is 632 g/mol. The molecule has 12 nitrogen and oxygen atoms in total. The fraction of sp³-hybridized carbons (Fsp3) is 0.441. The number of carbonyl (C=O) groups excluding carboxylic acids is 2. The van der Waals surface area contributed by atoms with Crippen molar-refractivity contribution in [3.8, 4) is 5.69 Å². The fourth-order valence-corrected chi connectivity index (χ4v) is 6.80. The predicted molar refractivity (Wildman–Crippen MR) is 170 cm³/mol. The minimum absolute atomic E-state index is 0.0252. The Bertz CT molecular complexity index is 1630. The Morgan fingerprint density at radius 1 is 1.00 bits per heavy atom. The number of hydrogen-bond donors (Lipinski definition) is 2. The maximum atomic E-state index is 14.0. The number of nitrogens with zero attached hydrogens (tertiary/aromatic N) is 4. The molecule has 6 rings (SSSR count). The van der Waals surface area contributed by atoms with Crippen LogP contribution in [0.5, 0.6) is 0 Å². The zero-order chi connectivity index (χ0) is 32.3. The molecule has 2 aromatic carbocycles. The molecular weight excluding hydrogens is 590 g/mol. The van der Waals surface area contributed by atoms with Crippen LogP contribution in [0.15, 0.2) is 77.3 Å². The number of carbonyl (C=O) groups is 2. The number of amides is 2. The maximum Gasteiger partial charge on any atom is 0.288 e. The van der Waals surface area contributed by atoms with Gasteiger partial charge in [0.05, 0.1) is 38.8 Å². The van der Waals surface area contributed by atoms with Gasteiger partial charge in [0, 0.05) is 49.4 Å². The van der Waals surface area contributed by atoms with Crippen molar-refractivity contribution in [2.45, 2.75) is 43.9 Å². The molecule has 244 valence electrons. The van der Waals surface area contributed by atoms with E-state index in [1.165, 1.54) is 0 Å². The molecule has 46 heavy (non-hydrogen) atoms. The van der Waals surface area contributed by atoms with Crippen molar-refractivity contribution in [2.24, 2.45) is 7.05 Å². The van der Waals surface area contributed by atoms with Gasteiger partial charge in [-0.3, -0.25) is 19.1 Å². The van der Waals surface area contributed by atoms with Crippen molar-refractivity contribution in [1.82, 2.24) is 19.6 Å². The summed E-state index contributed by atoms with van der Waals surface area (Å²) in [6, 6.07) is 19.3. The highest BCUT2D eigenvalue weighted by Gasteiger charge is 2.51. The molecule has 2 amide bonds. The van der Waals surface area contributed by atoms with Gasteiger partial charge in [-0.2, -0.15) is 0 Å². The first-order valence-electron chi connectivity index (χ1n) is 15.8. The number of para-hydroxylation sites is 2. The number of likely N-dealkylation sites (tertiary alicyclic amines) is 1. The Hall–Kier alpha value is -4.39. The van der Waals surface area contributed by atoms with Crippen molar-refractivity contribution in [3.05, 3.63) is 94.1 Å². The number of anilines is 1. The molecule has 3 aliphatic rings. The van der Waals surface area contributed by atoms with Gasteiger partial charge in [-0.25, -0.2) is 4.68 Å². The lowest BCUT2D eigenvalue weighted by Crippen LogP contribution is -2.57. The third-order valence-corrected chi connectivity index (χ3v) is 9.29. The van der Waals surface area contributed by atoms with Crippen molar-refractivity contribution in [2.75, 3.05) is 51.1 Å². The molecule has 3 aromatic rings. The highest BCUT2D eigenvalue weighted by molar-refractivity contribution is 5.95. The summed E-state index contributed by atoms with van der Waals surface area (Å²) in [5.74, 6) is -0.641. The molecule has 3 aliphatic heterocycles. The lowest BCUT2D eigenvalue weighted by atomic mass is 9.85. The second kappa shape index (κ2) is 13.5. The SMILES string of the molecule is Cc1c([C@H]2C=C(C(=O)N3CCC4(CC3)C(=O)NCN4c3ccccc3)O[C@@H](OCCOCCO)C2)c(=O)n(-c2ccccc2)n1C. The number of aromatic nitrogens is 2. The minimum Gasteiger partial charge on any atom is -0.459 e. The average Bonchev–Trinajstić information content (AvgIpc) is 3.51. The predicted octanol–water partition coefficient (Wildman–Crippen LogP) is 2.18. The largest absolute Gasteiger partial charge is 0.459 e. The van der Waals surface area contributed by atoms with E-state index in [0.717, 1.165) is 17.1 Å². The van der Waals surface area contributed by atoms with E-state index in [4.69, 9.17) is 19.3 Å². The third-order valence-electron chi connectivity index (χ3n) is 9.29. The first-order chi connectivity index (χ1) is 22.3. The first-order valence-corrected chi connectivity index (χ1v) is 15.8. The lowest BCUT2D eigenvalue weighted by molar-refractivity contribution is -0.157. The van der Waals surface area contributed by atoms with Crippen LogP contribution >= 0.6 is 0 Å². The van der Waals surface area contributed by atoms with Crippen LogP contribution in [-0.4, -0.2) is 89.2 Å². The zero-order valence-electron chi connectivity index (χ0n) is 26.3. The van der Waals surface area contributed by atoms with E-state index in [-0.39, 0.29) is 49.6 Å². The van der Waals surface area contributed by atoms with Crippen LogP contribution in [0.1, 0.15) is 36.4 Å². The number of nitrogens with one attached hydrogen (secondary N) is 1. The number of rotatable bonds is 10. The summed E-state index contributed by atoms with van der Waals surface area (Å²) in [5.41, 5.74) is 2.16. The molecule has 2 saturated heterocycles. The number of hydrogen-bond acceptors (Lipinski definition) is 8. The molecule has 1 spiro atoms. The molecule has 2 atom stereocenters. The van der Waals surface area contributed by atoms with E-state index in [2.05, 4.69) is 10.2 Å². The summed E-state index contributed by atoms with van der Waals surface area (Å²) in [6.07, 6.45) is 2.23. The number of benzene rings is 2. The molecule has 2 fully saturated rings. The van der Waals surface area contributed by atoms with Crippen LogP contribution in [-0.2, 0) is 30.8 Å². The van der Waals surface area contributed by atoms with E-state index < -0.39 is 17.7 Å². The molecule has 12 heteroatoms. The molecule has 2 N–H and O–H groups in total. The van der Waals surface area contributed by atoms with Crippen molar-refractivity contribution in [1.29, 1.82) is 0 Å². The van der Waals surface area contributed by atoms with E-state index in [0.29, 0.717) is 44.6 Å². The lowest BCUT2D eigenvalue weighted by Gasteiger charge is -2.43.